The van der Waals surface area contributed by atoms with E-state index < -0.39 is 11.7 Å². The summed E-state index contributed by atoms with van der Waals surface area (Å²) < 4.78 is 19.7. The molecule has 0 bridgehead atoms. The van der Waals surface area contributed by atoms with Crippen LogP contribution >= 0.6 is 15.9 Å². The zero-order valence-electron chi connectivity index (χ0n) is 14.3. The molecule has 0 saturated carbocycles. The smallest absolute Gasteiger partial charge is 0.277 e. The second-order valence-electron chi connectivity index (χ2n) is 6.52. The van der Waals surface area contributed by atoms with E-state index in [4.69, 9.17) is 4.74 Å². The lowest BCUT2D eigenvalue weighted by molar-refractivity contribution is -0.123. The van der Waals surface area contributed by atoms with Gasteiger partial charge in [-0.2, -0.15) is 5.10 Å². The number of benzene rings is 2. The maximum atomic E-state index is 13.5. The number of nitrogens with zero attached hydrogens (tertiary/aromatic N) is 1. The average molecular weight is 407 g/mol. The molecular formula is C19H20BrFN2O2. The fraction of sp³-hybridized carbons (Fsp3) is 0.263. The number of carbonyl (C=O) groups is 1. The first-order valence-corrected chi connectivity index (χ1v) is 8.55. The van der Waals surface area contributed by atoms with Gasteiger partial charge in [-0.3, -0.25) is 4.79 Å². The SMILES string of the molecule is CC(C)(C)c1ccc(OCC(=O)N/N=C/c2cc(Br)ccc2F)cc1. The van der Waals surface area contributed by atoms with Crippen LogP contribution in [-0.4, -0.2) is 18.7 Å². The first-order chi connectivity index (χ1) is 11.8. The highest BCUT2D eigenvalue weighted by atomic mass is 79.9. The lowest BCUT2D eigenvalue weighted by atomic mass is 9.87. The summed E-state index contributed by atoms with van der Waals surface area (Å²) in [6, 6.07) is 12.1. The Bertz CT molecular complexity index is 768. The van der Waals surface area contributed by atoms with E-state index >= 15 is 0 Å². The van der Waals surface area contributed by atoms with Gasteiger partial charge in [0.1, 0.15) is 11.6 Å². The molecule has 4 nitrogen and oxygen atoms in total. The topological polar surface area (TPSA) is 50.7 Å². The van der Waals surface area contributed by atoms with Gasteiger partial charge in [-0.05, 0) is 41.3 Å². The molecule has 1 amide bonds. The summed E-state index contributed by atoms with van der Waals surface area (Å²) in [6.45, 7) is 6.21. The van der Waals surface area contributed by atoms with Gasteiger partial charge in [0, 0.05) is 10.0 Å². The minimum atomic E-state index is -0.424. The van der Waals surface area contributed by atoms with Gasteiger partial charge < -0.3 is 4.74 Å². The molecule has 0 aliphatic carbocycles. The largest absolute Gasteiger partial charge is 0.484 e. The van der Waals surface area contributed by atoms with Crippen molar-refractivity contribution in [2.24, 2.45) is 5.10 Å². The van der Waals surface area contributed by atoms with Crippen molar-refractivity contribution in [3.63, 3.8) is 0 Å². The van der Waals surface area contributed by atoms with Crippen LogP contribution in [0, 0.1) is 5.82 Å². The molecule has 0 atom stereocenters. The van der Waals surface area contributed by atoms with E-state index in [2.05, 4.69) is 47.2 Å². The Labute approximate surface area is 155 Å². The summed E-state index contributed by atoms with van der Waals surface area (Å²) in [6.07, 6.45) is 1.25. The molecule has 0 aliphatic heterocycles. The third-order valence-corrected chi connectivity index (χ3v) is 3.93. The van der Waals surface area contributed by atoms with Crippen LogP contribution in [0.1, 0.15) is 31.9 Å². The van der Waals surface area contributed by atoms with Crippen molar-refractivity contribution in [2.75, 3.05) is 6.61 Å². The lowest BCUT2D eigenvalue weighted by Crippen LogP contribution is -2.24. The highest BCUT2D eigenvalue weighted by molar-refractivity contribution is 9.10. The molecule has 0 fully saturated rings. The summed E-state index contributed by atoms with van der Waals surface area (Å²) in [5.41, 5.74) is 3.83. The Kier molecular flexibility index (Phi) is 6.31. The molecule has 2 rings (SSSR count). The van der Waals surface area contributed by atoms with Crippen molar-refractivity contribution in [3.05, 3.63) is 63.9 Å². The van der Waals surface area contributed by atoms with Crippen LogP contribution in [0.25, 0.3) is 0 Å². The molecule has 132 valence electrons. The molecule has 0 aliphatic rings. The highest BCUT2D eigenvalue weighted by Gasteiger charge is 2.13. The number of halogens is 2. The Morgan fingerprint density at radius 2 is 1.92 bits per heavy atom. The molecule has 0 spiro atoms. The van der Waals surface area contributed by atoms with Crippen molar-refractivity contribution >= 4 is 28.1 Å². The minimum absolute atomic E-state index is 0.0618. The van der Waals surface area contributed by atoms with Crippen molar-refractivity contribution in [3.8, 4) is 5.75 Å². The zero-order chi connectivity index (χ0) is 18.4. The molecule has 0 radical (unpaired) electrons. The second kappa shape index (κ2) is 8.25. The van der Waals surface area contributed by atoms with Crippen LogP contribution in [-0.2, 0) is 10.2 Å². The number of hydrogen-bond donors (Lipinski definition) is 1. The monoisotopic (exact) mass is 406 g/mol. The van der Waals surface area contributed by atoms with Gasteiger partial charge in [0.15, 0.2) is 6.61 Å². The van der Waals surface area contributed by atoms with E-state index in [1.54, 1.807) is 12.1 Å². The predicted molar refractivity (Wildman–Crippen MR) is 100 cm³/mol. The maximum Gasteiger partial charge on any atom is 0.277 e. The van der Waals surface area contributed by atoms with Gasteiger partial charge in [-0.15, -0.1) is 0 Å². The Balaban J connectivity index is 1.84. The quantitative estimate of drug-likeness (QED) is 0.590. The van der Waals surface area contributed by atoms with Crippen LogP contribution < -0.4 is 10.2 Å². The van der Waals surface area contributed by atoms with Crippen molar-refractivity contribution in [1.29, 1.82) is 0 Å². The molecule has 1 N–H and O–H groups in total. The summed E-state index contributed by atoms with van der Waals surface area (Å²) in [7, 11) is 0. The van der Waals surface area contributed by atoms with Gasteiger partial charge in [-0.1, -0.05) is 48.8 Å². The maximum absolute atomic E-state index is 13.5. The molecule has 2 aromatic carbocycles. The van der Waals surface area contributed by atoms with Crippen molar-refractivity contribution in [2.45, 2.75) is 26.2 Å². The van der Waals surface area contributed by atoms with Crippen LogP contribution in [0.15, 0.2) is 52.0 Å². The molecule has 2 aromatic rings. The molecule has 0 saturated heterocycles. The van der Waals surface area contributed by atoms with Crippen LogP contribution in [0.2, 0.25) is 0 Å². The molecule has 0 aromatic heterocycles. The highest BCUT2D eigenvalue weighted by Crippen LogP contribution is 2.24. The number of amides is 1. The van der Waals surface area contributed by atoms with Gasteiger partial charge in [0.2, 0.25) is 0 Å². The zero-order valence-corrected chi connectivity index (χ0v) is 15.9. The van der Waals surface area contributed by atoms with E-state index in [0.717, 1.165) is 4.47 Å². The number of hydrogen-bond acceptors (Lipinski definition) is 3. The van der Waals surface area contributed by atoms with E-state index in [0.29, 0.717) is 5.75 Å². The first-order valence-electron chi connectivity index (χ1n) is 7.76. The second-order valence-corrected chi connectivity index (χ2v) is 7.44. The molecule has 0 heterocycles. The molecule has 6 heteroatoms. The first kappa shape index (κ1) is 19.1. The standard InChI is InChI=1S/C19H20BrFN2O2/c1-19(2,3)14-4-7-16(8-5-14)25-12-18(24)23-22-11-13-10-15(20)6-9-17(13)21/h4-11H,12H2,1-3H3,(H,23,24)/b22-11+. The van der Waals surface area contributed by atoms with Crippen LogP contribution in [0.4, 0.5) is 4.39 Å². The van der Waals surface area contributed by atoms with E-state index in [1.165, 1.54) is 17.8 Å². The summed E-state index contributed by atoms with van der Waals surface area (Å²) in [5.74, 6) is -0.242. The molecule has 25 heavy (non-hydrogen) atoms. The number of rotatable bonds is 5. The Morgan fingerprint density at radius 1 is 1.24 bits per heavy atom. The minimum Gasteiger partial charge on any atom is -0.484 e. The number of nitrogens with one attached hydrogen (secondary N) is 1. The summed E-state index contributed by atoms with van der Waals surface area (Å²) in [5, 5.41) is 3.74. The Hall–Kier alpha value is -2.21. The van der Waals surface area contributed by atoms with Gasteiger partial charge in [0.25, 0.3) is 5.91 Å². The predicted octanol–water partition coefficient (Wildman–Crippen LogP) is 4.41. The average Bonchev–Trinajstić information content (AvgIpc) is 2.56. The Morgan fingerprint density at radius 3 is 2.56 bits per heavy atom. The number of carbonyl (C=O) groups excluding carboxylic acids is 1. The van der Waals surface area contributed by atoms with Crippen molar-refractivity contribution < 1.29 is 13.9 Å². The fourth-order valence-corrected chi connectivity index (χ4v) is 2.40. The van der Waals surface area contributed by atoms with Gasteiger partial charge in [-0.25, -0.2) is 9.82 Å². The van der Waals surface area contributed by atoms with Gasteiger partial charge >= 0.3 is 0 Å². The van der Waals surface area contributed by atoms with E-state index in [9.17, 15) is 9.18 Å². The van der Waals surface area contributed by atoms with Crippen molar-refractivity contribution in [1.82, 2.24) is 5.43 Å². The number of hydrazone groups is 1. The molecular weight excluding hydrogens is 387 g/mol. The van der Waals surface area contributed by atoms with Crippen LogP contribution in [0.3, 0.4) is 0 Å². The summed E-state index contributed by atoms with van der Waals surface area (Å²) >= 11 is 3.25. The third-order valence-electron chi connectivity index (χ3n) is 3.44. The van der Waals surface area contributed by atoms with E-state index in [-0.39, 0.29) is 17.6 Å². The third kappa shape index (κ3) is 5.98. The number of ether oxygens (including phenoxy) is 1. The summed E-state index contributed by atoms with van der Waals surface area (Å²) in [4.78, 5) is 11.7. The lowest BCUT2D eigenvalue weighted by Gasteiger charge is -2.19. The fourth-order valence-electron chi connectivity index (χ4n) is 2.02. The van der Waals surface area contributed by atoms with E-state index in [1.807, 2.05) is 24.3 Å². The van der Waals surface area contributed by atoms with Crippen LogP contribution in [0.5, 0.6) is 5.75 Å². The normalized spacial score (nSPS) is 11.6. The molecule has 0 unspecified atom stereocenters. The van der Waals surface area contributed by atoms with Gasteiger partial charge in [0.05, 0.1) is 6.21 Å².